The smallest absolute Gasteiger partial charge is 0.378 e. The number of aromatic nitrogens is 6. The molecule has 0 spiro atoms. The zero-order valence-corrected chi connectivity index (χ0v) is 19.2. The Morgan fingerprint density at radius 2 is 2.17 bits per heavy atom. The van der Waals surface area contributed by atoms with Crippen LogP contribution in [0, 0.1) is 0 Å². The number of ether oxygens (including phenoxy) is 1. The molecule has 0 bridgehead atoms. The van der Waals surface area contributed by atoms with E-state index in [2.05, 4.69) is 30.6 Å². The second-order valence-corrected chi connectivity index (χ2v) is 8.81. The molecule has 2 N–H and O–H groups in total. The summed E-state index contributed by atoms with van der Waals surface area (Å²) >= 11 is 1.25. The summed E-state index contributed by atoms with van der Waals surface area (Å²) in [5.74, 6) is -0.568. The second-order valence-electron chi connectivity index (χ2n) is 7.95. The summed E-state index contributed by atoms with van der Waals surface area (Å²) in [6.07, 6.45) is 2.83. The first-order chi connectivity index (χ1) is 16.8. The van der Waals surface area contributed by atoms with E-state index in [0.29, 0.717) is 24.5 Å². The Labute approximate surface area is 201 Å². The predicted octanol–water partition coefficient (Wildman–Crippen LogP) is 4.80. The summed E-state index contributed by atoms with van der Waals surface area (Å²) in [6, 6.07) is 2.10. The van der Waals surface area contributed by atoms with Gasteiger partial charge in [0.25, 0.3) is 5.91 Å². The molecule has 0 unspecified atom stereocenters. The highest BCUT2D eigenvalue weighted by atomic mass is 32.1. The average Bonchev–Trinajstić information content (AvgIpc) is 3.56. The molecule has 4 heterocycles. The van der Waals surface area contributed by atoms with Crippen LogP contribution in [0.15, 0.2) is 42.3 Å². The SMILES string of the molecule is CCO[C@H]1C[C@H](n2cc(NC(=O)c3csc(-c4cn[nH]c4)n3)c(-c3ncccc3C(F)(F)F)n2)C1. The van der Waals surface area contributed by atoms with Gasteiger partial charge in [0.05, 0.1) is 29.6 Å². The van der Waals surface area contributed by atoms with Gasteiger partial charge in [0.2, 0.25) is 0 Å². The third-order valence-corrected chi connectivity index (χ3v) is 6.54. The maximum absolute atomic E-state index is 13.7. The predicted molar refractivity (Wildman–Crippen MR) is 122 cm³/mol. The van der Waals surface area contributed by atoms with E-state index in [4.69, 9.17) is 4.74 Å². The van der Waals surface area contributed by atoms with Gasteiger partial charge in [-0.15, -0.1) is 11.3 Å². The lowest BCUT2D eigenvalue weighted by molar-refractivity contribution is -0.137. The van der Waals surface area contributed by atoms with Crippen molar-refractivity contribution in [3.05, 3.63) is 53.6 Å². The normalized spacial score (nSPS) is 17.8. The van der Waals surface area contributed by atoms with Crippen molar-refractivity contribution in [2.75, 3.05) is 11.9 Å². The van der Waals surface area contributed by atoms with Gasteiger partial charge in [-0.25, -0.2) is 4.98 Å². The first-order valence-electron chi connectivity index (χ1n) is 10.8. The molecule has 1 saturated carbocycles. The van der Waals surface area contributed by atoms with E-state index in [1.807, 2.05) is 6.92 Å². The van der Waals surface area contributed by atoms with E-state index in [1.165, 1.54) is 29.8 Å². The van der Waals surface area contributed by atoms with Crippen molar-refractivity contribution in [2.45, 2.75) is 38.1 Å². The number of nitrogens with zero attached hydrogens (tertiary/aromatic N) is 5. The van der Waals surface area contributed by atoms with Crippen LogP contribution in [0.5, 0.6) is 0 Å². The molecule has 9 nitrogen and oxygen atoms in total. The first-order valence-corrected chi connectivity index (χ1v) is 11.7. The molecular weight excluding hydrogens is 483 g/mol. The van der Waals surface area contributed by atoms with Crippen LogP contribution in [0.25, 0.3) is 22.0 Å². The van der Waals surface area contributed by atoms with E-state index in [-0.39, 0.29) is 34.9 Å². The monoisotopic (exact) mass is 503 g/mol. The van der Waals surface area contributed by atoms with Crippen LogP contribution < -0.4 is 5.32 Å². The fourth-order valence-corrected chi connectivity index (χ4v) is 4.64. The van der Waals surface area contributed by atoms with E-state index >= 15 is 0 Å². The minimum atomic E-state index is -4.64. The molecular formula is C22H20F3N7O2S. The van der Waals surface area contributed by atoms with E-state index < -0.39 is 17.6 Å². The minimum absolute atomic E-state index is 0.0547. The minimum Gasteiger partial charge on any atom is -0.378 e. The van der Waals surface area contributed by atoms with Crippen LogP contribution in [-0.2, 0) is 10.9 Å². The highest BCUT2D eigenvalue weighted by Crippen LogP contribution is 2.40. The molecule has 1 aliphatic rings. The molecule has 0 radical (unpaired) electrons. The topological polar surface area (TPSA) is 111 Å². The Hall–Kier alpha value is -3.58. The number of aromatic amines is 1. The Morgan fingerprint density at radius 3 is 2.89 bits per heavy atom. The van der Waals surface area contributed by atoms with Gasteiger partial charge in [0, 0.05) is 36.1 Å². The van der Waals surface area contributed by atoms with Gasteiger partial charge in [-0.1, -0.05) is 0 Å². The summed E-state index contributed by atoms with van der Waals surface area (Å²) in [6.45, 7) is 2.49. The number of carbonyl (C=O) groups is 1. The Morgan fingerprint density at radius 1 is 1.34 bits per heavy atom. The molecule has 1 aliphatic carbocycles. The van der Waals surface area contributed by atoms with Crippen LogP contribution in [0.3, 0.4) is 0 Å². The zero-order chi connectivity index (χ0) is 24.6. The van der Waals surface area contributed by atoms with Gasteiger partial charge in [0.15, 0.2) is 0 Å². The number of alkyl halides is 3. The van der Waals surface area contributed by atoms with Crippen LogP contribution >= 0.6 is 11.3 Å². The molecule has 5 rings (SSSR count). The number of rotatable bonds is 7. The lowest BCUT2D eigenvalue weighted by Gasteiger charge is -2.34. The van der Waals surface area contributed by atoms with Gasteiger partial charge in [-0.05, 0) is 31.9 Å². The number of amides is 1. The van der Waals surface area contributed by atoms with Crippen LogP contribution in [0.1, 0.15) is 41.9 Å². The maximum Gasteiger partial charge on any atom is 0.418 e. The van der Waals surface area contributed by atoms with Gasteiger partial charge in [-0.2, -0.15) is 23.4 Å². The number of hydrogen-bond acceptors (Lipinski definition) is 7. The number of thiazole rings is 1. The number of nitrogens with one attached hydrogen (secondary N) is 2. The summed E-state index contributed by atoms with van der Waals surface area (Å²) in [5.41, 5.74) is -0.375. The van der Waals surface area contributed by atoms with Gasteiger partial charge < -0.3 is 10.1 Å². The van der Waals surface area contributed by atoms with Crippen molar-refractivity contribution in [2.24, 2.45) is 0 Å². The summed E-state index contributed by atoms with van der Waals surface area (Å²) < 4.78 is 48.3. The summed E-state index contributed by atoms with van der Waals surface area (Å²) in [4.78, 5) is 21.2. The lowest BCUT2D eigenvalue weighted by atomic mass is 9.89. The fourth-order valence-electron chi connectivity index (χ4n) is 3.86. The molecule has 1 amide bonds. The molecule has 0 aliphatic heterocycles. The number of H-pyrrole nitrogens is 1. The summed E-state index contributed by atoms with van der Waals surface area (Å²) in [5, 5.41) is 15.8. The van der Waals surface area contributed by atoms with E-state index in [9.17, 15) is 18.0 Å². The number of anilines is 1. The molecule has 0 aromatic carbocycles. The van der Waals surface area contributed by atoms with Crippen LogP contribution in [0.4, 0.5) is 18.9 Å². The first kappa shape index (κ1) is 23.2. The summed E-state index contributed by atoms with van der Waals surface area (Å²) in [7, 11) is 0. The van der Waals surface area contributed by atoms with Gasteiger partial charge in [0.1, 0.15) is 22.1 Å². The molecule has 1 fully saturated rings. The van der Waals surface area contributed by atoms with E-state index in [1.54, 1.807) is 22.5 Å². The van der Waals surface area contributed by atoms with Crippen molar-refractivity contribution < 1.29 is 22.7 Å². The molecule has 0 atom stereocenters. The highest BCUT2D eigenvalue weighted by Gasteiger charge is 2.37. The Balaban J connectivity index is 1.47. The molecule has 4 aromatic rings. The zero-order valence-electron chi connectivity index (χ0n) is 18.4. The standard InChI is InChI=1S/C22H20F3N7O2S/c1-2-34-14-6-13(7-14)32-10-16(19(31-32)18-15(22(23,24)25)4-3-5-26-18)29-20(33)17-11-35-21(30-17)12-8-27-28-9-12/h3-5,8-11,13-14H,2,6-7H2,1H3,(H,27,28)(H,29,33)/t13-,14-. The largest absolute Gasteiger partial charge is 0.418 e. The maximum atomic E-state index is 13.7. The number of halogens is 3. The quantitative estimate of drug-likeness (QED) is 0.375. The number of carbonyl (C=O) groups excluding carboxylic acids is 1. The lowest BCUT2D eigenvalue weighted by Crippen LogP contribution is -2.33. The molecule has 35 heavy (non-hydrogen) atoms. The van der Waals surface area contributed by atoms with Gasteiger partial charge in [-0.3, -0.25) is 19.6 Å². The third kappa shape index (κ3) is 4.68. The van der Waals surface area contributed by atoms with Crippen molar-refractivity contribution in [1.82, 2.24) is 29.9 Å². The number of hydrogen-bond donors (Lipinski definition) is 2. The van der Waals surface area contributed by atoms with Crippen molar-refractivity contribution in [1.29, 1.82) is 0 Å². The van der Waals surface area contributed by atoms with Crippen LogP contribution in [0.2, 0.25) is 0 Å². The highest BCUT2D eigenvalue weighted by molar-refractivity contribution is 7.13. The average molecular weight is 504 g/mol. The Kier molecular flexibility index (Phi) is 6.11. The van der Waals surface area contributed by atoms with Gasteiger partial charge >= 0.3 is 6.18 Å². The van der Waals surface area contributed by atoms with E-state index in [0.717, 1.165) is 11.6 Å². The second kappa shape index (κ2) is 9.23. The molecule has 0 saturated heterocycles. The van der Waals surface area contributed by atoms with Crippen molar-refractivity contribution in [3.8, 4) is 22.0 Å². The molecule has 13 heteroatoms. The Bertz CT molecular complexity index is 1330. The molecule has 4 aromatic heterocycles. The van der Waals surface area contributed by atoms with Crippen molar-refractivity contribution >= 4 is 22.9 Å². The number of pyridine rings is 1. The van der Waals surface area contributed by atoms with Crippen molar-refractivity contribution in [3.63, 3.8) is 0 Å². The molecule has 182 valence electrons. The third-order valence-electron chi connectivity index (χ3n) is 5.65. The van der Waals surface area contributed by atoms with Crippen LogP contribution in [-0.4, -0.2) is 48.6 Å². The fraction of sp³-hybridized carbons (Fsp3) is 0.318.